The SMILES string of the molecule is CCCCN(CCN)C(=O)c1cccc(C)c1F. The minimum absolute atomic E-state index is 0.138. The number of nitrogens with zero attached hydrogens (tertiary/aromatic N) is 1. The number of halogens is 1. The number of carbonyl (C=O) groups is 1. The van der Waals surface area contributed by atoms with Gasteiger partial charge in [-0.1, -0.05) is 25.5 Å². The Morgan fingerprint density at radius 2 is 2.11 bits per heavy atom. The van der Waals surface area contributed by atoms with E-state index in [-0.39, 0.29) is 11.5 Å². The van der Waals surface area contributed by atoms with Gasteiger partial charge < -0.3 is 10.6 Å². The lowest BCUT2D eigenvalue weighted by Crippen LogP contribution is -2.36. The predicted octanol–water partition coefficient (Wildman–Crippen LogP) is 2.34. The van der Waals surface area contributed by atoms with Gasteiger partial charge >= 0.3 is 0 Å². The minimum atomic E-state index is -0.430. The second kappa shape index (κ2) is 7.11. The molecule has 0 radical (unpaired) electrons. The van der Waals surface area contributed by atoms with Gasteiger partial charge in [0.25, 0.3) is 5.91 Å². The molecule has 4 heteroatoms. The molecule has 2 N–H and O–H groups in total. The first kappa shape index (κ1) is 14.6. The van der Waals surface area contributed by atoms with Crippen LogP contribution in [0.25, 0.3) is 0 Å². The predicted molar refractivity (Wildman–Crippen MR) is 71.0 cm³/mol. The molecule has 0 spiro atoms. The molecule has 3 nitrogen and oxygen atoms in total. The van der Waals surface area contributed by atoms with Gasteiger partial charge in [0, 0.05) is 19.6 Å². The number of hydrogen-bond acceptors (Lipinski definition) is 2. The van der Waals surface area contributed by atoms with E-state index < -0.39 is 5.82 Å². The maximum absolute atomic E-state index is 13.9. The molecule has 0 aromatic heterocycles. The third-order valence-corrected chi connectivity index (χ3v) is 2.89. The smallest absolute Gasteiger partial charge is 0.256 e. The summed E-state index contributed by atoms with van der Waals surface area (Å²) in [5, 5.41) is 0. The molecule has 1 rings (SSSR count). The van der Waals surface area contributed by atoms with Crippen molar-refractivity contribution in [3.05, 3.63) is 35.1 Å². The largest absolute Gasteiger partial charge is 0.337 e. The number of amides is 1. The Labute approximate surface area is 108 Å². The Balaban J connectivity index is 2.90. The van der Waals surface area contributed by atoms with E-state index in [9.17, 15) is 9.18 Å². The summed E-state index contributed by atoms with van der Waals surface area (Å²) >= 11 is 0. The fraction of sp³-hybridized carbons (Fsp3) is 0.500. The number of hydrogen-bond donors (Lipinski definition) is 1. The first-order valence-electron chi connectivity index (χ1n) is 6.36. The topological polar surface area (TPSA) is 46.3 Å². The van der Waals surface area contributed by atoms with Crippen LogP contribution in [0, 0.1) is 12.7 Å². The summed E-state index contributed by atoms with van der Waals surface area (Å²) in [6.45, 7) is 5.19. The Kier molecular flexibility index (Phi) is 5.78. The number of carbonyl (C=O) groups excluding carboxylic acids is 1. The fourth-order valence-corrected chi connectivity index (χ4v) is 1.80. The molecule has 18 heavy (non-hydrogen) atoms. The fourth-order valence-electron chi connectivity index (χ4n) is 1.80. The monoisotopic (exact) mass is 252 g/mol. The molecule has 0 aliphatic carbocycles. The molecule has 1 aromatic rings. The van der Waals surface area contributed by atoms with Gasteiger partial charge in [-0.15, -0.1) is 0 Å². The van der Waals surface area contributed by atoms with Gasteiger partial charge in [0.05, 0.1) is 5.56 Å². The Morgan fingerprint density at radius 1 is 1.39 bits per heavy atom. The van der Waals surface area contributed by atoms with E-state index in [1.54, 1.807) is 24.0 Å². The molecule has 0 unspecified atom stereocenters. The zero-order valence-corrected chi connectivity index (χ0v) is 11.1. The van der Waals surface area contributed by atoms with Crippen LogP contribution >= 0.6 is 0 Å². The van der Waals surface area contributed by atoms with Gasteiger partial charge in [-0.3, -0.25) is 4.79 Å². The second-order valence-electron chi connectivity index (χ2n) is 4.37. The van der Waals surface area contributed by atoms with Gasteiger partial charge in [-0.05, 0) is 25.0 Å². The molecule has 0 atom stereocenters. The molecule has 0 heterocycles. The van der Waals surface area contributed by atoms with E-state index in [1.165, 1.54) is 6.07 Å². The van der Waals surface area contributed by atoms with Crippen molar-refractivity contribution in [2.45, 2.75) is 26.7 Å². The Morgan fingerprint density at radius 3 is 2.72 bits per heavy atom. The van der Waals surface area contributed by atoms with Crippen molar-refractivity contribution in [3.8, 4) is 0 Å². The van der Waals surface area contributed by atoms with E-state index in [1.807, 2.05) is 0 Å². The summed E-state index contributed by atoms with van der Waals surface area (Å²) in [4.78, 5) is 13.9. The van der Waals surface area contributed by atoms with Gasteiger partial charge in [-0.25, -0.2) is 4.39 Å². The van der Waals surface area contributed by atoms with Crippen molar-refractivity contribution in [1.82, 2.24) is 4.90 Å². The highest BCUT2D eigenvalue weighted by Crippen LogP contribution is 2.14. The van der Waals surface area contributed by atoms with Crippen molar-refractivity contribution < 1.29 is 9.18 Å². The average molecular weight is 252 g/mol. The second-order valence-corrected chi connectivity index (χ2v) is 4.37. The molecule has 0 aliphatic heterocycles. The normalized spacial score (nSPS) is 10.4. The molecule has 100 valence electrons. The summed E-state index contributed by atoms with van der Waals surface area (Å²) in [6.07, 6.45) is 1.89. The summed E-state index contributed by atoms with van der Waals surface area (Å²) < 4.78 is 13.9. The molecule has 0 fully saturated rings. The van der Waals surface area contributed by atoms with Gasteiger partial charge in [0.2, 0.25) is 0 Å². The van der Waals surface area contributed by atoms with Crippen LogP contribution in [0.5, 0.6) is 0 Å². The average Bonchev–Trinajstić information content (AvgIpc) is 2.37. The van der Waals surface area contributed by atoms with E-state index >= 15 is 0 Å². The van der Waals surface area contributed by atoms with Crippen molar-refractivity contribution in [3.63, 3.8) is 0 Å². The minimum Gasteiger partial charge on any atom is -0.337 e. The van der Waals surface area contributed by atoms with E-state index in [2.05, 4.69) is 6.92 Å². The van der Waals surface area contributed by atoms with Gasteiger partial charge in [0.1, 0.15) is 5.82 Å². The lowest BCUT2D eigenvalue weighted by Gasteiger charge is -2.22. The summed E-state index contributed by atoms with van der Waals surface area (Å²) in [7, 11) is 0. The number of benzene rings is 1. The van der Waals surface area contributed by atoms with E-state index in [0.717, 1.165) is 12.8 Å². The number of unbranched alkanes of at least 4 members (excludes halogenated alkanes) is 1. The van der Waals surface area contributed by atoms with Gasteiger partial charge in [-0.2, -0.15) is 0 Å². The number of rotatable bonds is 6. The van der Waals surface area contributed by atoms with Crippen LogP contribution in [-0.4, -0.2) is 30.4 Å². The van der Waals surface area contributed by atoms with Crippen molar-refractivity contribution >= 4 is 5.91 Å². The number of nitrogens with two attached hydrogens (primary N) is 1. The van der Waals surface area contributed by atoms with Crippen LogP contribution in [0.1, 0.15) is 35.7 Å². The van der Waals surface area contributed by atoms with Crippen molar-refractivity contribution in [1.29, 1.82) is 0 Å². The summed E-state index contributed by atoms with van der Waals surface area (Å²) in [5.41, 5.74) is 6.13. The molecule has 0 saturated heterocycles. The zero-order valence-electron chi connectivity index (χ0n) is 11.1. The Bertz CT molecular complexity index is 407. The van der Waals surface area contributed by atoms with Crippen LogP contribution < -0.4 is 5.73 Å². The summed E-state index contributed by atoms with van der Waals surface area (Å²) in [5.74, 6) is -0.698. The highest BCUT2D eigenvalue weighted by atomic mass is 19.1. The third-order valence-electron chi connectivity index (χ3n) is 2.89. The summed E-state index contributed by atoms with van der Waals surface area (Å²) in [6, 6.07) is 4.89. The quantitative estimate of drug-likeness (QED) is 0.844. The van der Waals surface area contributed by atoms with Crippen LogP contribution in [0.3, 0.4) is 0 Å². The van der Waals surface area contributed by atoms with Crippen LogP contribution in [0.15, 0.2) is 18.2 Å². The van der Waals surface area contributed by atoms with Gasteiger partial charge in [0.15, 0.2) is 0 Å². The zero-order chi connectivity index (χ0) is 13.5. The van der Waals surface area contributed by atoms with E-state index in [4.69, 9.17) is 5.73 Å². The molecular formula is C14H21FN2O. The highest BCUT2D eigenvalue weighted by molar-refractivity contribution is 5.94. The maximum atomic E-state index is 13.9. The van der Waals surface area contributed by atoms with Crippen LogP contribution in [-0.2, 0) is 0 Å². The van der Waals surface area contributed by atoms with Crippen LogP contribution in [0.4, 0.5) is 4.39 Å². The lowest BCUT2D eigenvalue weighted by molar-refractivity contribution is 0.0753. The Hall–Kier alpha value is -1.42. The first-order valence-corrected chi connectivity index (χ1v) is 6.36. The lowest BCUT2D eigenvalue weighted by atomic mass is 10.1. The standard InChI is InChI=1S/C14H21FN2O/c1-3-4-9-17(10-8-16)14(18)12-7-5-6-11(2)13(12)15/h5-7H,3-4,8-10,16H2,1-2H3. The number of aryl methyl sites for hydroxylation is 1. The van der Waals surface area contributed by atoms with Crippen molar-refractivity contribution in [2.75, 3.05) is 19.6 Å². The molecule has 0 saturated carbocycles. The highest BCUT2D eigenvalue weighted by Gasteiger charge is 2.18. The molecular weight excluding hydrogens is 231 g/mol. The maximum Gasteiger partial charge on any atom is 0.256 e. The molecule has 1 aromatic carbocycles. The molecule has 0 aliphatic rings. The molecule has 1 amide bonds. The van der Waals surface area contributed by atoms with E-state index in [0.29, 0.717) is 25.2 Å². The van der Waals surface area contributed by atoms with Crippen molar-refractivity contribution in [2.24, 2.45) is 5.73 Å². The molecule has 0 bridgehead atoms. The van der Waals surface area contributed by atoms with Crippen LogP contribution in [0.2, 0.25) is 0 Å². The first-order chi connectivity index (χ1) is 8.61. The third kappa shape index (κ3) is 3.53.